The van der Waals surface area contributed by atoms with Crippen LogP contribution in [0.3, 0.4) is 0 Å². The van der Waals surface area contributed by atoms with Crippen LogP contribution in [0.15, 0.2) is 29.3 Å². The van der Waals surface area contributed by atoms with Gasteiger partial charge in [-0.05, 0) is 30.5 Å². The van der Waals surface area contributed by atoms with Crippen molar-refractivity contribution in [2.45, 2.75) is 25.4 Å². The Morgan fingerprint density at radius 3 is 2.80 bits per heavy atom. The lowest BCUT2D eigenvalue weighted by Gasteiger charge is -2.32. The predicted octanol–water partition coefficient (Wildman–Crippen LogP) is 0.434. The van der Waals surface area contributed by atoms with Crippen molar-refractivity contribution in [3.05, 3.63) is 35.4 Å². The summed E-state index contributed by atoms with van der Waals surface area (Å²) in [4.78, 5) is 17.9. The van der Waals surface area contributed by atoms with Gasteiger partial charge < -0.3 is 16.0 Å². The molecular formula is C18H26N6O. The summed E-state index contributed by atoms with van der Waals surface area (Å²) < 4.78 is 0. The van der Waals surface area contributed by atoms with Gasteiger partial charge in [-0.3, -0.25) is 14.7 Å². The van der Waals surface area contributed by atoms with E-state index < -0.39 is 0 Å². The van der Waals surface area contributed by atoms with Gasteiger partial charge in [0.05, 0.1) is 18.2 Å². The first-order valence-electron chi connectivity index (χ1n) is 8.53. The number of rotatable bonds is 5. The molecule has 1 saturated heterocycles. The Labute approximate surface area is 149 Å². The fourth-order valence-corrected chi connectivity index (χ4v) is 2.84. The maximum atomic E-state index is 11.4. The number of benzene rings is 1. The van der Waals surface area contributed by atoms with Crippen molar-refractivity contribution < 1.29 is 4.79 Å². The normalized spacial score (nSPS) is 16.1. The smallest absolute Gasteiger partial charge is 0.233 e. The van der Waals surface area contributed by atoms with Crippen molar-refractivity contribution in [3.63, 3.8) is 0 Å². The largest absolute Gasteiger partial charge is 0.358 e. The second kappa shape index (κ2) is 9.64. The molecule has 0 aliphatic carbocycles. The lowest BCUT2D eigenvalue weighted by molar-refractivity contribution is -0.122. The molecule has 0 aromatic heterocycles. The lowest BCUT2D eigenvalue weighted by atomic mass is 10.1. The molecule has 0 unspecified atom stereocenters. The Balaban J connectivity index is 1.77. The molecule has 1 aromatic rings. The van der Waals surface area contributed by atoms with Crippen LogP contribution in [0.4, 0.5) is 0 Å². The molecule has 2 rings (SSSR count). The highest BCUT2D eigenvalue weighted by Crippen LogP contribution is 2.10. The van der Waals surface area contributed by atoms with Crippen molar-refractivity contribution in [2.75, 3.05) is 33.7 Å². The summed E-state index contributed by atoms with van der Waals surface area (Å²) >= 11 is 0. The van der Waals surface area contributed by atoms with Crippen molar-refractivity contribution >= 4 is 11.9 Å². The second-order valence-corrected chi connectivity index (χ2v) is 6.11. The van der Waals surface area contributed by atoms with Crippen LogP contribution in [0.2, 0.25) is 0 Å². The number of nitrogens with zero attached hydrogens (tertiary/aromatic N) is 3. The van der Waals surface area contributed by atoms with Crippen LogP contribution in [0, 0.1) is 11.3 Å². The minimum atomic E-state index is 0.0588. The zero-order chi connectivity index (χ0) is 18.1. The van der Waals surface area contributed by atoms with Gasteiger partial charge in [-0.25, -0.2) is 0 Å². The van der Waals surface area contributed by atoms with E-state index in [9.17, 15) is 4.79 Å². The van der Waals surface area contributed by atoms with Gasteiger partial charge in [0.1, 0.15) is 0 Å². The number of carbonyl (C=O) groups excluding carboxylic acids is 1. The number of hydrogen-bond donors (Lipinski definition) is 3. The van der Waals surface area contributed by atoms with Crippen LogP contribution in [0.1, 0.15) is 24.0 Å². The molecule has 1 aliphatic heterocycles. The average molecular weight is 342 g/mol. The minimum Gasteiger partial charge on any atom is -0.358 e. The molecule has 3 N–H and O–H groups in total. The van der Waals surface area contributed by atoms with Gasteiger partial charge in [0.2, 0.25) is 5.91 Å². The molecule has 1 aliphatic rings. The fourth-order valence-electron chi connectivity index (χ4n) is 2.84. The summed E-state index contributed by atoms with van der Waals surface area (Å²) in [7, 11) is 3.42. The molecule has 0 radical (unpaired) electrons. The number of amides is 1. The molecule has 0 atom stereocenters. The number of piperidine rings is 1. The highest BCUT2D eigenvalue weighted by atomic mass is 16.1. The van der Waals surface area contributed by atoms with E-state index in [1.165, 1.54) is 0 Å². The summed E-state index contributed by atoms with van der Waals surface area (Å²) in [5.41, 5.74) is 1.70. The number of carbonyl (C=O) groups is 1. The third-order valence-electron chi connectivity index (χ3n) is 4.31. The molecule has 1 amide bonds. The van der Waals surface area contributed by atoms with E-state index in [4.69, 9.17) is 5.26 Å². The Morgan fingerprint density at radius 2 is 2.16 bits per heavy atom. The molecule has 134 valence electrons. The van der Waals surface area contributed by atoms with E-state index in [-0.39, 0.29) is 5.91 Å². The van der Waals surface area contributed by atoms with Crippen LogP contribution >= 0.6 is 0 Å². The molecule has 25 heavy (non-hydrogen) atoms. The monoisotopic (exact) mass is 342 g/mol. The first kappa shape index (κ1) is 18.7. The SMILES string of the molecule is CN=C(NCc1cccc(C#N)c1)NC1CCN(CC(=O)NC)CC1. The number of nitriles is 1. The highest BCUT2D eigenvalue weighted by Gasteiger charge is 2.21. The fraction of sp³-hybridized carbons (Fsp3) is 0.500. The Kier molecular flexibility index (Phi) is 7.23. The van der Waals surface area contributed by atoms with E-state index in [1.54, 1.807) is 20.2 Å². The summed E-state index contributed by atoms with van der Waals surface area (Å²) in [6, 6.07) is 10.0. The van der Waals surface area contributed by atoms with E-state index in [2.05, 4.69) is 31.9 Å². The number of aliphatic imine (C=N–C) groups is 1. The first-order chi connectivity index (χ1) is 12.1. The molecular weight excluding hydrogens is 316 g/mol. The summed E-state index contributed by atoms with van der Waals surface area (Å²) in [5.74, 6) is 0.815. The van der Waals surface area contributed by atoms with Crippen LogP contribution in [-0.4, -0.2) is 56.5 Å². The number of guanidine groups is 1. The summed E-state index contributed by atoms with van der Waals surface area (Å²) in [5, 5.41) is 18.3. The number of likely N-dealkylation sites (N-methyl/N-ethyl adjacent to an activating group) is 1. The minimum absolute atomic E-state index is 0.0588. The van der Waals surface area contributed by atoms with Crippen molar-refractivity contribution in [2.24, 2.45) is 4.99 Å². The topological polar surface area (TPSA) is 92.6 Å². The quantitative estimate of drug-likeness (QED) is 0.533. The van der Waals surface area contributed by atoms with Crippen LogP contribution in [0.25, 0.3) is 0 Å². The van der Waals surface area contributed by atoms with Crippen LogP contribution in [0.5, 0.6) is 0 Å². The summed E-state index contributed by atoms with van der Waals surface area (Å²) in [6.07, 6.45) is 1.95. The molecule has 0 bridgehead atoms. The second-order valence-electron chi connectivity index (χ2n) is 6.11. The predicted molar refractivity (Wildman–Crippen MR) is 98.0 cm³/mol. The van der Waals surface area contributed by atoms with Gasteiger partial charge >= 0.3 is 0 Å². The maximum Gasteiger partial charge on any atom is 0.233 e. The Bertz CT molecular complexity index is 643. The van der Waals surface area contributed by atoms with Gasteiger partial charge in [0.25, 0.3) is 0 Å². The first-order valence-corrected chi connectivity index (χ1v) is 8.53. The zero-order valence-corrected chi connectivity index (χ0v) is 14.9. The van der Waals surface area contributed by atoms with Gasteiger partial charge in [0.15, 0.2) is 5.96 Å². The van der Waals surface area contributed by atoms with Crippen molar-refractivity contribution in [1.29, 1.82) is 5.26 Å². The number of hydrogen-bond acceptors (Lipinski definition) is 4. The molecule has 1 aromatic carbocycles. The van der Waals surface area contributed by atoms with E-state index in [1.807, 2.05) is 18.2 Å². The Morgan fingerprint density at radius 1 is 1.40 bits per heavy atom. The highest BCUT2D eigenvalue weighted by molar-refractivity contribution is 5.80. The lowest BCUT2D eigenvalue weighted by Crippen LogP contribution is -2.49. The van der Waals surface area contributed by atoms with Gasteiger partial charge in [-0.1, -0.05) is 12.1 Å². The standard InChI is InChI=1S/C18H26N6O/c1-20-17(25)13-24-8-6-16(7-9-24)23-18(21-2)22-12-15-5-3-4-14(10-15)11-19/h3-5,10,16H,6-9,12-13H2,1-2H3,(H,20,25)(H2,21,22,23). The van der Waals surface area contributed by atoms with E-state index in [0.29, 0.717) is 24.7 Å². The Hall–Kier alpha value is -2.59. The molecule has 0 spiro atoms. The third kappa shape index (κ3) is 6.08. The average Bonchev–Trinajstić information content (AvgIpc) is 2.66. The zero-order valence-electron chi connectivity index (χ0n) is 14.9. The molecule has 1 heterocycles. The van der Waals surface area contributed by atoms with E-state index >= 15 is 0 Å². The molecule has 7 nitrogen and oxygen atoms in total. The maximum absolute atomic E-state index is 11.4. The van der Waals surface area contributed by atoms with Gasteiger partial charge in [-0.15, -0.1) is 0 Å². The molecule has 7 heteroatoms. The molecule has 0 saturated carbocycles. The van der Waals surface area contributed by atoms with Gasteiger partial charge in [0, 0.05) is 39.8 Å². The van der Waals surface area contributed by atoms with Crippen LogP contribution < -0.4 is 16.0 Å². The van der Waals surface area contributed by atoms with Crippen molar-refractivity contribution in [1.82, 2.24) is 20.9 Å². The summed E-state index contributed by atoms with van der Waals surface area (Å²) in [6.45, 7) is 2.87. The number of likely N-dealkylation sites (tertiary alicyclic amines) is 1. The van der Waals surface area contributed by atoms with E-state index in [0.717, 1.165) is 37.5 Å². The third-order valence-corrected chi connectivity index (χ3v) is 4.31. The molecule has 1 fully saturated rings. The van der Waals surface area contributed by atoms with Crippen molar-refractivity contribution in [3.8, 4) is 6.07 Å². The number of nitrogens with one attached hydrogen (secondary N) is 3. The van der Waals surface area contributed by atoms with Gasteiger partial charge in [-0.2, -0.15) is 5.26 Å². The van der Waals surface area contributed by atoms with Crippen LogP contribution in [-0.2, 0) is 11.3 Å².